The number of hydrogen-bond donors (Lipinski definition) is 1. The molecule has 0 spiro atoms. The van der Waals surface area contributed by atoms with Crippen molar-refractivity contribution in [2.45, 2.75) is 19.8 Å². The molecule has 1 fully saturated rings. The third kappa shape index (κ3) is 5.36. The molecule has 6 heteroatoms. The molecule has 144 valence electrons. The van der Waals surface area contributed by atoms with E-state index < -0.39 is 0 Å². The zero-order chi connectivity index (χ0) is 19.1. The van der Waals surface area contributed by atoms with Gasteiger partial charge in [0.15, 0.2) is 0 Å². The summed E-state index contributed by atoms with van der Waals surface area (Å²) in [6, 6.07) is 9.28. The van der Waals surface area contributed by atoms with Crippen LogP contribution < -0.4 is 19.7 Å². The minimum Gasteiger partial charge on any atom is -0.497 e. The molecule has 1 aliphatic rings. The molecule has 0 aliphatic carbocycles. The fourth-order valence-electron chi connectivity index (χ4n) is 3.10. The second-order valence-corrected chi connectivity index (χ2v) is 6.88. The third-order valence-electron chi connectivity index (χ3n) is 4.85. The van der Waals surface area contributed by atoms with Crippen molar-refractivity contribution >= 4 is 11.6 Å². The number of hydrogen-bond acceptors (Lipinski definition) is 5. The van der Waals surface area contributed by atoms with Gasteiger partial charge in [-0.05, 0) is 49.1 Å². The number of methoxy groups -OCH3 is 1. The molecule has 0 atom stereocenters. The maximum atomic E-state index is 12.4. The van der Waals surface area contributed by atoms with Gasteiger partial charge in [0.05, 0.1) is 31.1 Å². The number of aromatic nitrogens is 1. The normalized spacial score (nSPS) is 14.7. The van der Waals surface area contributed by atoms with E-state index in [1.165, 1.54) is 12.8 Å². The van der Waals surface area contributed by atoms with E-state index in [-0.39, 0.29) is 5.91 Å². The molecule has 1 amide bonds. The van der Waals surface area contributed by atoms with Gasteiger partial charge < -0.3 is 19.7 Å². The van der Waals surface area contributed by atoms with Crippen molar-refractivity contribution in [1.29, 1.82) is 0 Å². The van der Waals surface area contributed by atoms with Gasteiger partial charge in [-0.3, -0.25) is 9.78 Å². The SMILES string of the molecule is COc1ccc(OCCNC(=O)c2cncc(N3CCC(C)CC3)c2)cc1. The van der Waals surface area contributed by atoms with Crippen LogP contribution in [0.3, 0.4) is 0 Å². The van der Waals surface area contributed by atoms with Gasteiger partial charge in [0, 0.05) is 19.3 Å². The lowest BCUT2D eigenvalue weighted by Crippen LogP contribution is -2.33. The summed E-state index contributed by atoms with van der Waals surface area (Å²) < 4.78 is 10.7. The molecule has 0 saturated carbocycles. The van der Waals surface area contributed by atoms with Crippen LogP contribution in [0.15, 0.2) is 42.7 Å². The average Bonchev–Trinajstić information content (AvgIpc) is 2.72. The van der Waals surface area contributed by atoms with Gasteiger partial charge in [-0.15, -0.1) is 0 Å². The Kier molecular flexibility index (Phi) is 6.52. The van der Waals surface area contributed by atoms with Crippen molar-refractivity contribution in [3.8, 4) is 11.5 Å². The Labute approximate surface area is 160 Å². The van der Waals surface area contributed by atoms with Crippen LogP contribution in [0, 0.1) is 5.92 Å². The van der Waals surface area contributed by atoms with Crippen molar-refractivity contribution in [3.05, 3.63) is 48.3 Å². The minimum atomic E-state index is -0.131. The van der Waals surface area contributed by atoms with E-state index in [1.54, 1.807) is 13.3 Å². The minimum absolute atomic E-state index is 0.131. The number of nitrogens with one attached hydrogen (secondary N) is 1. The van der Waals surface area contributed by atoms with Gasteiger partial charge in [0.25, 0.3) is 5.91 Å². The van der Waals surface area contributed by atoms with E-state index in [9.17, 15) is 4.79 Å². The molecular formula is C21H27N3O3. The van der Waals surface area contributed by atoms with Gasteiger partial charge in [-0.2, -0.15) is 0 Å². The van der Waals surface area contributed by atoms with Crippen molar-refractivity contribution < 1.29 is 14.3 Å². The van der Waals surface area contributed by atoms with Crippen LogP contribution in [0.1, 0.15) is 30.1 Å². The van der Waals surface area contributed by atoms with Crippen molar-refractivity contribution in [3.63, 3.8) is 0 Å². The van der Waals surface area contributed by atoms with E-state index >= 15 is 0 Å². The number of carbonyl (C=O) groups excluding carboxylic acids is 1. The van der Waals surface area contributed by atoms with Crippen LogP contribution in [0.2, 0.25) is 0 Å². The predicted octanol–water partition coefficient (Wildman–Crippen LogP) is 3.14. The molecule has 2 heterocycles. The Morgan fingerprint density at radius 3 is 2.59 bits per heavy atom. The Morgan fingerprint density at radius 2 is 1.89 bits per heavy atom. The molecule has 0 unspecified atom stereocenters. The average molecular weight is 369 g/mol. The predicted molar refractivity (Wildman–Crippen MR) is 106 cm³/mol. The summed E-state index contributed by atoms with van der Waals surface area (Å²) in [5.74, 6) is 2.17. The topological polar surface area (TPSA) is 63.7 Å². The molecule has 1 N–H and O–H groups in total. The highest BCUT2D eigenvalue weighted by atomic mass is 16.5. The van der Waals surface area contributed by atoms with Crippen LogP contribution in [0.5, 0.6) is 11.5 Å². The number of piperidine rings is 1. The van der Waals surface area contributed by atoms with E-state index in [4.69, 9.17) is 9.47 Å². The van der Waals surface area contributed by atoms with Crippen molar-refractivity contribution in [2.24, 2.45) is 5.92 Å². The first-order valence-corrected chi connectivity index (χ1v) is 9.41. The molecule has 0 radical (unpaired) electrons. The maximum Gasteiger partial charge on any atom is 0.253 e. The van der Waals surface area contributed by atoms with Crippen LogP contribution in [0.4, 0.5) is 5.69 Å². The summed E-state index contributed by atoms with van der Waals surface area (Å²) in [4.78, 5) is 18.9. The van der Waals surface area contributed by atoms with E-state index in [2.05, 4.69) is 22.1 Å². The molecule has 1 aliphatic heterocycles. The van der Waals surface area contributed by atoms with E-state index in [0.29, 0.717) is 18.7 Å². The first kappa shape index (κ1) is 19.0. The smallest absolute Gasteiger partial charge is 0.253 e. The van der Waals surface area contributed by atoms with Crippen molar-refractivity contribution in [2.75, 3.05) is 38.3 Å². The molecule has 6 nitrogen and oxygen atoms in total. The lowest BCUT2D eigenvalue weighted by molar-refractivity contribution is 0.0946. The standard InChI is InChI=1S/C21H27N3O3/c1-16-7-10-24(11-8-16)18-13-17(14-22-15-18)21(25)23-9-12-27-20-5-3-19(26-2)4-6-20/h3-6,13-16H,7-12H2,1-2H3,(H,23,25). The number of nitrogens with zero attached hydrogens (tertiary/aromatic N) is 2. The fourth-order valence-corrected chi connectivity index (χ4v) is 3.10. The maximum absolute atomic E-state index is 12.4. The summed E-state index contributed by atoms with van der Waals surface area (Å²) >= 11 is 0. The van der Waals surface area contributed by atoms with Crippen LogP contribution in [0.25, 0.3) is 0 Å². The second kappa shape index (κ2) is 9.26. The van der Waals surface area contributed by atoms with Gasteiger partial charge in [-0.1, -0.05) is 6.92 Å². The van der Waals surface area contributed by atoms with E-state index in [1.807, 2.05) is 36.5 Å². The summed E-state index contributed by atoms with van der Waals surface area (Å²) in [6.07, 6.45) is 5.80. The molecule has 3 rings (SSSR count). The molecule has 2 aromatic rings. The van der Waals surface area contributed by atoms with Gasteiger partial charge in [0.2, 0.25) is 0 Å². The second-order valence-electron chi connectivity index (χ2n) is 6.88. The van der Waals surface area contributed by atoms with Crippen molar-refractivity contribution in [1.82, 2.24) is 10.3 Å². The molecular weight excluding hydrogens is 342 g/mol. The van der Waals surface area contributed by atoms with E-state index in [0.717, 1.165) is 36.2 Å². The molecule has 1 saturated heterocycles. The summed E-state index contributed by atoms with van der Waals surface area (Å²) in [7, 11) is 1.63. The highest BCUT2D eigenvalue weighted by molar-refractivity contribution is 5.94. The number of benzene rings is 1. The summed E-state index contributed by atoms with van der Waals surface area (Å²) in [6.45, 7) is 5.15. The molecule has 1 aromatic carbocycles. The fraction of sp³-hybridized carbons (Fsp3) is 0.429. The molecule has 0 bridgehead atoms. The molecule has 1 aromatic heterocycles. The van der Waals surface area contributed by atoms with Gasteiger partial charge >= 0.3 is 0 Å². The largest absolute Gasteiger partial charge is 0.497 e. The quantitative estimate of drug-likeness (QED) is 0.760. The zero-order valence-corrected chi connectivity index (χ0v) is 16.0. The number of carbonyl (C=O) groups is 1. The Balaban J connectivity index is 1.47. The lowest BCUT2D eigenvalue weighted by atomic mass is 9.99. The monoisotopic (exact) mass is 369 g/mol. The Morgan fingerprint density at radius 1 is 1.19 bits per heavy atom. The number of ether oxygens (including phenoxy) is 2. The van der Waals surface area contributed by atoms with Gasteiger partial charge in [-0.25, -0.2) is 0 Å². The highest BCUT2D eigenvalue weighted by Crippen LogP contribution is 2.23. The van der Waals surface area contributed by atoms with Gasteiger partial charge in [0.1, 0.15) is 18.1 Å². The Hall–Kier alpha value is -2.76. The number of pyridine rings is 1. The highest BCUT2D eigenvalue weighted by Gasteiger charge is 2.17. The lowest BCUT2D eigenvalue weighted by Gasteiger charge is -2.32. The third-order valence-corrected chi connectivity index (χ3v) is 4.85. The first-order valence-electron chi connectivity index (χ1n) is 9.41. The summed E-state index contributed by atoms with van der Waals surface area (Å²) in [5.41, 5.74) is 1.60. The number of anilines is 1. The molecule has 27 heavy (non-hydrogen) atoms. The Bertz CT molecular complexity index is 741. The van der Waals surface area contributed by atoms with Crippen LogP contribution in [-0.4, -0.2) is 44.2 Å². The first-order chi connectivity index (χ1) is 13.2. The number of amides is 1. The van der Waals surface area contributed by atoms with Crippen LogP contribution >= 0.6 is 0 Å². The zero-order valence-electron chi connectivity index (χ0n) is 16.0. The number of rotatable bonds is 7. The summed E-state index contributed by atoms with van der Waals surface area (Å²) in [5, 5.41) is 2.88. The van der Waals surface area contributed by atoms with Crippen LogP contribution in [-0.2, 0) is 0 Å².